The van der Waals surface area contributed by atoms with Crippen molar-refractivity contribution >= 4 is 17.6 Å². The van der Waals surface area contributed by atoms with Crippen LogP contribution in [-0.4, -0.2) is 43.3 Å². The van der Waals surface area contributed by atoms with Gasteiger partial charge in [0.05, 0.1) is 5.56 Å². The van der Waals surface area contributed by atoms with Crippen LogP contribution in [0.15, 0.2) is 53.2 Å². The molecule has 0 fully saturated rings. The SMILES string of the molecule is CN(c1ccccc1)c1nc(N)nc(-c2noc(-c3ccc(CCC(F)(F)F)nc3)n2)n1. The lowest BCUT2D eigenvalue weighted by atomic mass is 10.2. The predicted molar refractivity (Wildman–Crippen MR) is 110 cm³/mol. The van der Waals surface area contributed by atoms with Crippen molar-refractivity contribution in [1.29, 1.82) is 0 Å². The molecule has 0 amide bonds. The number of hydrogen-bond acceptors (Lipinski definition) is 9. The summed E-state index contributed by atoms with van der Waals surface area (Å²) in [7, 11) is 1.78. The maximum Gasteiger partial charge on any atom is 0.389 e. The molecule has 2 N–H and O–H groups in total. The van der Waals surface area contributed by atoms with Gasteiger partial charge in [-0.15, -0.1) is 0 Å². The summed E-state index contributed by atoms with van der Waals surface area (Å²) in [5.74, 6) is 0.584. The van der Waals surface area contributed by atoms with E-state index in [0.717, 1.165) is 5.69 Å². The van der Waals surface area contributed by atoms with Gasteiger partial charge in [0.2, 0.25) is 23.5 Å². The van der Waals surface area contributed by atoms with E-state index in [1.165, 1.54) is 12.3 Å². The highest BCUT2D eigenvalue weighted by Gasteiger charge is 2.26. The zero-order valence-electron chi connectivity index (χ0n) is 16.8. The standard InChI is InChI=1S/C20H17F3N8O/c1-31(14-5-3-2-4-6-14)19-28-15(27-18(24)29-19)16-26-17(32-30-16)12-7-8-13(25-11-12)9-10-20(21,22)23/h2-8,11H,9-10H2,1H3,(H2,24,27,28,29). The summed E-state index contributed by atoms with van der Waals surface area (Å²) in [6.07, 6.45) is -4.01. The lowest BCUT2D eigenvalue weighted by Crippen LogP contribution is -2.15. The first kappa shape index (κ1) is 21.2. The molecular weight excluding hydrogens is 425 g/mol. The molecule has 0 bridgehead atoms. The third-order valence-corrected chi connectivity index (χ3v) is 4.45. The monoisotopic (exact) mass is 442 g/mol. The maximum absolute atomic E-state index is 12.4. The molecule has 0 saturated heterocycles. The number of nitrogens with zero attached hydrogens (tertiary/aromatic N) is 7. The van der Waals surface area contributed by atoms with Gasteiger partial charge < -0.3 is 15.2 Å². The zero-order chi connectivity index (χ0) is 22.7. The Morgan fingerprint density at radius 3 is 2.44 bits per heavy atom. The molecule has 0 saturated carbocycles. The number of pyridine rings is 1. The molecular formula is C20H17F3N8O. The van der Waals surface area contributed by atoms with Gasteiger partial charge in [0.25, 0.3) is 5.89 Å². The summed E-state index contributed by atoms with van der Waals surface area (Å²) in [5.41, 5.74) is 7.44. The van der Waals surface area contributed by atoms with Crippen LogP contribution < -0.4 is 10.6 Å². The summed E-state index contributed by atoms with van der Waals surface area (Å²) in [6.45, 7) is 0. The molecule has 9 nitrogen and oxygen atoms in total. The fourth-order valence-electron chi connectivity index (χ4n) is 2.80. The molecule has 0 unspecified atom stereocenters. The van der Waals surface area contributed by atoms with E-state index in [1.54, 1.807) is 18.0 Å². The Bertz CT molecular complexity index is 1200. The minimum absolute atomic E-state index is 0.0187. The average Bonchev–Trinajstić information content (AvgIpc) is 3.28. The van der Waals surface area contributed by atoms with Gasteiger partial charge in [-0.1, -0.05) is 23.4 Å². The number of rotatable bonds is 6. The highest BCUT2D eigenvalue weighted by Crippen LogP contribution is 2.25. The van der Waals surface area contributed by atoms with Crippen LogP contribution in [-0.2, 0) is 6.42 Å². The quantitative estimate of drug-likeness (QED) is 0.475. The van der Waals surface area contributed by atoms with Crippen molar-refractivity contribution in [2.45, 2.75) is 19.0 Å². The van der Waals surface area contributed by atoms with Crippen molar-refractivity contribution in [3.05, 3.63) is 54.4 Å². The number of nitrogens with two attached hydrogens (primary N) is 1. The Balaban J connectivity index is 1.55. The van der Waals surface area contributed by atoms with E-state index in [-0.39, 0.29) is 29.9 Å². The van der Waals surface area contributed by atoms with Gasteiger partial charge in [-0.2, -0.15) is 33.1 Å². The molecule has 0 spiro atoms. The summed E-state index contributed by atoms with van der Waals surface area (Å²) in [6, 6.07) is 12.5. The number of aromatic nitrogens is 6. The Morgan fingerprint density at radius 2 is 1.75 bits per heavy atom. The van der Waals surface area contributed by atoms with Gasteiger partial charge in [0.15, 0.2) is 0 Å². The third kappa shape index (κ3) is 4.96. The smallest absolute Gasteiger partial charge is 0.368 e. The van der Waals surface area contributed by atoms with E-state index in [2.05, 4.69) is 30.1 Å². The number of halogens is 3. The fourth-order valence-corrected chi connectivity index (χ4v) is 2.80. The minimum Gasteiger partial charge on any atom is -0.368 e. The molecule has 3 aromatic heterocycles. The van der Waals surface area contributed by atoms with Gasteiger partial charge in [-0.25, -0.2) is 0 Å². The lowest BCUT2D eigenvalue weighted by Gasteiger charge is -2.17. The summed E-state index contributed by atoms with van der Waals surface area (Å²) < 4.78 is 42.3. The average molecular weight is 442 g/mol. The number of anilines is 3. The zero-order valence-corrected chi connectivity index (χ0v) is 16.8. The van der Waals surface area contributed by atoms with Crippen LogP contribution >= 0.6 is 0 Å². The van der Waals surface area contributed by atoms with Crippen molar-refractivity contribution in [2.75, 3.05) is 17.7 Å². The Morgan fingerprint density at radius 1 is 0.969 bits per heavy atom. The lowest BCUT2D eigenvalue weighted by molar-refractivity contribution is -0.134. The van der Waals surface area contributed by atoms with E-state index < -0.39 is 12.6 Å². The van der Waals surface area contributed by atoms with Gasteiger partial charge in [0.1, 0.15) is 0 Å². The summed E-state index contributed by atoms with van der Waals surface area (Å²) >= 11 is 0. The molecule has 32 heavy (non-hydrogen) atoms. The van der Waals surface area contributed by atoms with Gasteiger partial charge in [-0.05, 0) is 30.7 Å². The van der Waals surface area contributed by atoms with Gasteiger partial charge in [-0.3, -0.25) is 4.98 Å². The minimum atomic E-state index is -4.23. The van der Waals surface area contributed by atoms with Crippen molar-refractivity contribution in [3.8, 4) is 23.1 Å². The highest BCUT2D eigenvalue weighted by atomic mass is 19.4. The maximum atomic E-state index is 12.4. The first-order valence-electron chi connectivity index (χ1n) is 9.45. The van der Waals surface area contributed by atoms with Crippen LogP contribution in [0.2, 0.25) is 0 Å². The van der Waals surface area contributed by atoms with Crippen LogP contribution in [0.3, 0.4) is 0 Å². The summed E-state index contributed by atoms with van der Waals surface area (Å²) in [4.78, 5) is 22.6. The van der Waals surface area contributed by atoms with E-state index in [4.69, 9.17) is 10.3 Å². The van der Waals surface area contributed by atoms with Crippen molar-refractivity contribution in [1.82, 2.24) is 30.1 Å². The van der Waals surface area contributed by atoms with E-state index >= 15 is 0 Å². The van der Waals surface area contributed by atoms with Gasteiger partial charge in [0, 0.05) is 31.0 Å². The second kappa shape index (κ2) is 8.57. The molecule has 0 aliphatic heterocycles. The van der Waals surface area contributed by atoms with Crippen LogP contribution in [0.5, 0.6) is 0 Å². The normalized spacial score (nSPS) is 11.5. The number of benzene rings is 1. The Kier molecular flexibility index (Phi) is 5.67. The Labute approximate surface area is 180 Å². The van der Waals surface area contributed by atoms with Crippen LogP contribution in [0.1, 0.15) is 12.1 Å². The number of hydrogen-bond donors (Lipinski definition) is 1. The molecule has 0 aliphatic carbocycles. The first-order valence-corrected chi connectivity index (χ1v) is 9.45. The van der Waals surface area contributed by atoms with Crippen LogP contribution in [0, 0.1) is 0 Å². The third-order valence-electron chi connectivity index (χ3n) is 4.45. The molecule has 0 atom stereocenters. The summed E-state index contributed by atoms with van der Waals surface area (Å²) in [5, 5.41) is 3.88. The van der Waals surface area contributed by atoms with E-state index in [0.29, 0.717) is 17.2 Å². The number of nitrogen functional groups attached to an aromatic ring is 1. The van der Waals surface area contributed by atoms with E-state index in [1.807, 2.05) is 30.3 Å². The number of alkyl halides is 3. The second-order valence-electron chi connectivity index (χ2n) is 6.79. The predicted octanol–water partition coefficient (Wildman–Crippen LogP) is 3.83. The first-order chi connectivity index (χ1) is 15.3. The second-order valence-corrected chi connectivity index (χ2v) is 6.79. The fraction of sp³-hybridized carbons (Fsp3) is 0.200. The highest BCUT2D eigenvalue weighted by molar-refractivity contribution is 5.60. The number of para-hydroxylation sites is 1. The molecule has 0 aliphatic rings. The topological polar surface area (TPSA) is 120 Å². The van der Waals surface area contributed by atoms with Crippen molar-refractivity contribution in [2.24, 2.45) is 0 Å². The molecule has 0 radical (unpaired) electrons. The Hall–Kier alpha value is -4.09. The molecule has 164 valence electrons. The molecule has 4 rings (SSSR count). The number of aryl methyl sites for hydroxylation is 1. The van der Waals surface area contributed by atoms with Crippen molar-refractivity contribution in [3.63, 3.8) is 0 Å². The molecule has 12 heteroatoms. The molecule has 1 aromatic carbocycles. The van der Waals surface area contributed by atoms with Crippen LogP contribution in [0.4, 0.5) is 30.8 Å². The van der Waals surface area contributed by atoms with Gasteiger partial charge >= 0.3 is 6.18 Å². The van der Waals surface area contributed by atoms with Crippen LogP contribution in [0.25, 0.3) is 23.1 Å². The molecule has 4 aromatic rings. The van der Waals surface area contributed by atoms with Crippen molar-refractivity contribution < 1.29 is 17.7 Å². The van der Waals surface area contributed by atoms with E-state index in [9.17, 15) is 13.2 Å². The largest absolute Gasteiger partial charge is 0.389 e. The molecule has 3 heterocycles.